The van der Waals surface area contributed by atoms with Crippen molar-refractivity contribution in [3.05, 3.63) is 58.1 Å². The third-order valence-electron chi connectivity index (χ3n) is 2.49. The van der Waals surface area contributed by atoms with Gasteiger partial charge in [0, 0.05) is 21.7 Å². The van der Waals surface area contributed by atoms with Crippen LogP contribution in [0.1, 0.15) is 15.9 Å². The maximum Gasteiger partial charge on any atom is 0.271 e. The number of rotatable bonds is 3. The molecule has 1 amide bonds. The topological polar surface area (TPSA) is 81.9 Å². The monoisotopic (exact) mass is 334 g/mol. The van der Waals surface area contributed by atoms with Crippen LogP contribution in [0.4, 0.5) is 0 Å². The van der Waals surface area contributed by atoms with Crippen molar-refractivity contribution >= 4 is 28.1 Å². The highest BCUT2D eigenvalue weighted by Gasteiger charge is 2.03. The zero-order chi connectivity index (χ0) is 14.5. The molecule has 0 heterocycles. The normalized spacial score (nSPS) is 10.7. The molecule has 0 bridgehead atoms. The van der Waals surface area contributed by atoms with E-state index in [0.29, 0.717) is 11.1 Å². The first-order valence-electron chi connectivity index (χ1n) is 5.67. The lowest BCUT2D eigenvalue weighted by molar-refractivity contribution is 0.0955. The van der Waals surface area contributed by atoms with Crippen molar-refractivity contribution in [3.63, 3.8) is 0 Å². The van der Waals surface area contributed by atoms with Gasteiger partial charge in [0.15, 0.2) is 0 Å². The fraction of sp³-hybridized carbons (Fsp3) is 0. The Morgan fingerprint density at radius 3 is 2.50 bits per heavy atom. The Morgan fingerprint density at radius 1 is 1.15 bits per heavy atom. The summed E-state index contributed by atoms with van der Waals surface area (Å²) < 4.78 is 0.881. The average Bonchev–Trinajstić information content (AvgIpc) is 2.42. The molecule has 3 N–H and O–H groups in total. The number of aromatic hydroxyl groups is 2. The first-order valence-corrected chi connectivity index (χ1v) is 6.46. The van der Waals surface area contributed by atoms with Crippen molar-refractivity contribution in [2.24, 2.45) is 5.10 Å². The molecule has 2 aromatic carbocycles. The number of amides is 1. The molecule has 5 nitrogen and oxygen atoms in total. The van der Waals surface area contributed by atoms with Crippen LogP contribution < -0.4 is 5.43 Å². The lowest BCUT2D eigenvalue weighted by Gasteiger charge is -2.01. The third kappa shape index (κ3) is 3.58. The first kappa shape index (κ1) is 14.1. The zero-order valence-electron chi connectivity index (χ0n) is 10.2. The summed E-state index contributed by atoms with van der Waals surface area (Å²) in [5.74, 6) is -0.516. The van der Waals surface area contributed by atoms with Crippen molar-refractivity contribution in [2.75, 3.05) is 0 Å². The Morgan fingerprint density at radius 2 is 1.85 bits per heavy atom. The summed E-state index contributed by atoms with van der Waals surface area (Å²) in [6, 6.07) is 10.9. The van der Waals surface area contributed by atoms with Gasteiger partial charge in [-0.1, -0.05) is 15.9 Å². The van der Waals surface area contributed by atoms with E-state index in [1.807, 2.05) is 0 Å². The van der Waals surface area contributed by atoms with Crippen LogP contribution in [0.5, 0.6) is 11.5 Å². The van der Waals surface area contributed by atoms with Crippen molar-refractivity contribution in [1.82, 2.24) is 5.43 Å². The summed E-state index contributed by atoms with van der Waals surface area (Å²) in [6.45, 7) is 0. The number of carbonyl (C=O) groups excluding carboxylic acids is 1. The van der Waals surface area contributed by atoms with Gasteiger partial charge in [-0.3, -0.25) is 4.79 Å². The molecular weight excluding hydrogens is 324 g/mol. The largest absolute Gasteiger partial charge is 0.508 e. The SMILES string of the molecule is O=C(N/N=C\c1ccc(O)cc1O)c1ccc(Br)cc1. The van der Waals surface area contributed by atoms with E-state index in [4.69, 9.17) is 5.11 Å². The second-order valence-electron chi connectivity index (χ2n) is 3.95. The van der Waals surface area contributed by atoms with E-state index in [1.54, 1.807) is 24.3 Å². The molecule has 0 aliphatic heterocycles. The van der Waals surface area contributed by atoms with Crippen LogP contribution in [0.2, 0.25) is 0 Å². The summed E-state index contributed by atoms with van der Waals surface area (Å²) in [5, 5.41) is 22.4. The summed E-state index contributed by atoms with van der Waals surface area (Å²) in [4.78, 5) is 11.7. The maximum absolute atomic E-state index is 11.7. The minimum Gasteiger partial charge on any atom is -0.508 e. The van der Waals surface area contributed by atoms with Crippen molar-refractivity contribution in [1.29, 1.82) is 0 Å². The molecule has 2 aromatic rings. The molecule has 2 rings (SSSR count). The number of hydrogen-bond acceptors (Lipinski definition) is 4. The van der Waals surface area contributed by atoms with Gasteiger partial charge in [-0.2, -0.15) is 5.10 Å². The van der Waals surface area contributed by atoms with E-state index in [0.717, 1.165) is 4.47 Å². The van der Waals surface area contributed by atoms with E-state index in [9.17, 15) is 9.90 Å². The summed E-state index contributed by atoms with van der Waals surface area (Å²) in [7, 11) is 0. The maximum atomic E-state index is 11.7. The van der Waals surface area contributed by atoms with Gasteiger partial charge in [0.05, 0.1) is 6.21 Å². The van der Waals surface area contributed by atoms with Gasteiger partial charge in [0.1, 0.15) is 11.5 Å². The molecule has 0 spiro atoms. The fourth-order valence-electron chi connectivity index (χ4n) is 1.47. The van der Waals surface area contributed by atoms with E-state index < -0.39 is 0 Å². The number of carbonyl (C=O) groups is 1. The Balaban J connectivity index is 2.02. The number of hydrazone groups is 1. The van der Waals surface area contributed by atoms with Gasteiger partial charge >= 0.3 is 0 Å². The van der Waals surface area contributed by atoms with Crippen LogP contribution in [0.3, 0.4) is 0 Å². The molecule has 0 radical (unpaired) electrons. The van der Waals surface area contributed by atoms with Gasteiger partial charge in [-0.15, -0.1) is 0 Å². The van der Waals surface area contributed by atoms with Gasteiger partial charge in [0.2, 0.25) is 0 Å². The highest BCUT2D eigenvalue weighted by Crippen LogP contribution is 2.20. The van der Waals surface area contributed by atoms with Crippen LogP contribution in [0.15, 0.2) is 52.0 Å². The van der Waals surface area contributed by atoms with E-state index in [1.165, 1.54) is 24.4 Å². The molecule has 6 heteroatoms. The highest BCUT2D eigenvalue weighted by atomic mass is 79.9. The highest BCUT2D eigenvalue weighted by molar-refractivity contribution is 9.10. The van der Waals surface area contributed by atoms with Gasteiger partial charge in [0.25, 0.3) is 5.91 Å². The molecule has 0 atom stereocenters. The van der Waals surface area contributed by atoms with Crippen LogP contribution in [0.25, 0.3) is 0 Å². The van der Waals surface area contributed by atoms with Crippen molar-refractivity contribution in [3.8, 4) is 11.5 Å². The first-order chi connectivity index (χ1) is 9.56. The number of benzene rings is 2. The number of nitrogens with zero attached hydrogens (tertiary/aromatic N) is 1. The Labute approximate surface area is 123 Å². The Bertz CT molecular complexity index is 654. The fourth-order valence-corrected chi connectivity index (χ4v) is 1.73. The number of phenols is 2. The van der Waals surface area contributed by atoms with Crippen molar-refractivity contribution in [2.45, 2.75) is 0 Å². The number of halogens is 1. The van der Waals surface area contributed by atoms with Gasteiger partial charge < -0.3 is 10.2 Å². The standard InChI is InChI=1S/C14H11BrN2O3/c15-11-4-1-9(2-5-11)14(20)17-16-8-10-3-6-12(18)7-13(10)19/h1-8,18-19H,(H,17,20)/b16-8-. The van der Waals surface area contributed by atoms with Crippen LogP contribution in [-0.4, -0.2) is 22.3 Å². The predicted molar refractivity (Wildman–Crippen MR) is 79.0 cm³/mol. The molecular formula is C14H11BrN2O3. The Kier molecular flexibility index (Phi) is 4.37. The number of hydrogen-bond donors (Lipinski definition) is 3. The number of nitrogens with one attached hydrogen (secondary N) is 1. The second kappa shape index (κ2) is 6.21. The molecule has 0 aromatic heterocycles. The number of phenolic OH excluding ortho intramolecular Hbond substituents is 2. The summed E-state index contributed by atoms with van der Waals surface area (Å²) >= 11 is 3.28. The smallest absolute Gasteiger partial charge is 0.271 e. The molecule has 0 saturated heterocycles. The molecule has 0 saturated carbocycles. The lowest BCUT2D eigenvalue weighted by Crippen LogP contribution is -2.17. The minimum atomic E-state index is -0.355. The van der Waals surface area contributed by atoms with Crippen molar-refractivity contribution < 1.29 is 15.0 Å². The average molecular weight is 335 g/mol. The molecule has 0 fully saturated rings. The lowest BCUT2D eigenvalue weighted by atomic mass is 10.2. The third-order valence-corrected chi connectivity index (χ3v) is 3.02. The van der Waals surface area contributed by atoms with Crippen LogP contribution >= 0.6 is 15.9 Å². The van der Waals surface area contributed by atoms with Crippen LogP contribution in [0, 0.1) is 0 Å². The van der Waals surface area contributed by atoms with Gasteiger partial charge in [-0.05, 0) is 36.4 Å². The molecule has 0 aliphatic rings. The molecule has 0 aliphatic carbocycles. The second-order valence-corrected chi connectivity index (χ2v) is 4.86. The van der Waals surface area contributed by atoms with E-state index >= 15 is 0 Å². The molecule has 102 valence electrons. The van der Waals surface area contributed by atoms with E-state index in [2.05, 4.69) is 26.5 Å². The molecule has 0 unspecified atom stereocenters. The zero-order valence-corrected chi connectivity index (χ0v) is 11.8. The molecule has 20 heavy (non-hydrogen) atoms. The van der Waals surface area contributed by atoms with Gasteiger partial charge in [-0.25, -0.2) is 5.43 Å². The van der Waals surface area contributed by atoms with E-state index in [-0.39, 0.29) is 17.4 Å². The summed E-state index contributed by atoms with van der Waals surface area (Å²) in [6.07, 6.45) is 1.30. The Hall–Kier alpha value is -2.34. The van der Waals surface area contributed by atoms with Crippen LogP contribution in [-0.2, 0) is 0 Å². The summed E-state index contributed by atoms with van der Waals surface area (Å²) in [5.41, 5.74) is 3.21. The quantitative estimate of drug-likeness (QED) is 0.596. The minimum absolute atomic E-state index is 0.0430. The predicted octanol–water partition coefficient (Wildman–Crippen LogP) is 2.62.